The van der Waals surface area contributed by atoms with Crippen LogP contribution in [0.3, 0.4) is 0 Å². The van der Waals surface area contributed by atoms with Gasteiger partial charge in [0.2, 0.25) is 10.0 Å². The van der Waals surface area contributed by atoms with Crippen LogP contribution in [0.15, 0.2) is 59.5 Å². The second kappa shape index (κ2) is 9.26. The molecule has 32 heavy (non-hydrogen) atoms. The average molecular weight is 453 g/mol. The van der Waals surface area contributed by atoms with Crippen LogP contribution in [0.2, 0.25) is 0 Å². The average Bonchev–Trinajstić information content (AvgIpc) is 2.82. The van der Waals surface area contributed by atoms with Crippen LogP contribution in [-0.4, -0.2) is 56.0 Å². The third kappa shape index (κ3) is 4.61. The second-order valence-electron chi connectivity index (χ2n) is 7.89. The predicted octanol–water partition coefficient (Wildman–Crippen LogP) is 3.20. The fraction of sp³-hybridized carbons (Fsp3) is 0.333. The minimum atomic E-state index is -3.49. The lowest BCUT2D eigenvalue weighted by atomic mass is 10.0. The number of nitrogens with zero attached hydrogens (tertiary/aromatic N) is 4. The van der Waals surface area contributed by atoms with E-state index < -0.39 is 10.0 Å². The number of benzene rings is 2. The van der Waals surface area contributed by atoms with Gasteiger partial charge in [-0.05, 0) is 43.7 Å². The minimum absolute atomic E-state index is 0.336. The number of aryl methyl sites for hydroxylation is 2. The molecule has 0 saturated carbocycles. The molecule has 3 aromatic rings. The standard InChI is InChI=1S/C24H28N4O3S/c1-18-23(17-20-9-11-21(31-3)12-10-20)24(26-19(2)25-18)27-13-15-28(16-14-27)32(29,30)22-7-5-4-6-8-22/h4-12H,13-17H2,1-3H3. The zero-order valence-corrected chi connectivity index (χ0v) is 19.5. The fourth-order valence-electron chi connectivity index (χ4n) is 4.02. The van der Waals surface area contributed by atoms with E-state index in [0.717, 1.165) is 34.2 Å². The number of hydrogen-bond donors (Lipinski definition) is 0. The molecule has 0 atom stereocenters. The number of ether oxygens (including phenoxy) is 1. The molecule has 0 aliphatic carbocycles. The SMILES string of the molecule is COc1ccc(Cc2c(C)nc(C)nc2N2CCN(S(=O)(=O)c3ccccc3)CC2)cc1. The van der Waals surface area contributed by atoms with Crippen LogP contribution >= 0.6 is 0 Å². The van der Waals surface area contributed by atoms with E-state index in [1.807, 2.05) is 44.2 Å². The predicted molar refractivity (Wildman–Crippen MR) is 125 cm³/mol. The number of piperazine rings is 1. The van der Waals surface area contributed by atoms with Crippen LogP contribution < -0.4 is 9.64 Å². The van der Waals surface area contributed by atoms with Crippen molar-refractivity contribution in [3.8, 4) is 5.75 Å². The number of aromatic nitrogens is 2. The van der Waals surface area contributed by atoms with E-state index in [0.29, 0.717) is 37.5 Å². The first kappa shape index (κ1) is 22.2. The third-order valence-electron chi connectivity index (χ3n) is 5.76. The number of rotatable bonds is 6. The van der Waals surface area contributed by atoms with Crippen LogP contribution in [0.1, 0.15) is 22.6 Å². The zero-order valence-electron chi connectivity index (χ0n) is 18.7. The molecule has 0 N–H and O–H groups in total. The van der Waals surface area contributed by atoms with Crippen molar-refractivity contribution in [1.82, 2.24) is 14.3 Å². The summed E-state index contributed by atoms with van der Waals surface area (Å²) in [5, 5.41) is 0. The van der Waals surface area contributed by atoms with Crippen molar-refractivity contribution in [2.45, 2.75) is 25.2 Å². The van der Waals surface area contributed by atoms with Gasteiger partial charge in [-0.1, -0.05) is 30.3 Å². The first-order chi connectivity index (χ1) is 15.4. The number of methoxy groups -OCH3 is 1. The summed E-state index contributed by atoms with van der Waals surface area (Å²) in [5.74, 6) is 2.43. The topological polar surface area (TPSA) is 75.6 Å². The van der Waals surface area contributed by atoms with Gasteiger partial charge in [-0.3, -0.25) is 0 Å². The molecule has 4 rings (SSSR count). The van der Waals surface area contributed by atoms with Crippen LogP contribution in [-0.2, 0) is 16.4 Å². The molecule has 1 aliphatic rings. The Hall–Kier alpha value is -2.97. The van der Waals surface area contributed by atoms with Gasteiger partial charge in [-0.2, -0.15) is 4.31 Å². The molecule has 0 bridgehead atoms. The van der Waals surface area contributed by atoms with Crippen molar-refractivity contribution < 1.29 is 13.2 Å². The Morgan fingerprint density at radius 1 is 0.906 bits per heavy atom. The van der Waals surface area contributed by atoms with E-state index in [1.165, 1.54) is 0 Å². The fourth-order valence-corrected chi connectivity index (χ4v) is 5.46. The molecule has 7 nitrogen and oxygen atoms in total. The number of anilines is 1. The largest absolute Gasteiger partial charge is 0.497 e. The number of hydrogen-bond acceptors (Lipinski definition) is 6. The Labute approximate surface area is 189 Å². The van der Waals surface area contributed by atoms with E-state index in [2.05, 4.69) is 9.88 Å². The molecule has 8 heteroatoms. The maximum Gasteiger partial charge on any atom is 0.243 e. The molecule has 1 fully saturated rings. The van der Waals surface area contributed by atoms with Crippen molar-refractivity contribution >= 4 is 15.8 Å². The Morgan fingerprint density at radius 3 is 2.19 bits per heavy atom. The van der Waals surface area contributed by atoms with Gasteiger partial charge in [-0.25, -0.2) is 18.4 Å². The summed E-state index contributed by atoms with van der Waals surface area (Å²) in [6, 6.07) is 16.6. The summed E-state index contributed by atoms with van der Waals surface area (Å²) in [7, 11) is -1.83. The molecular formula is C24H28N4O3S. The van der Waals surface area contributed by atoms with E-state index in [-0.39, 0.29) is 0 Å². The van der Waals surface area contributed by atoms with Gasteiger partial charge in [0, 0.05) is 43.9 Å². The molecule has 0 amide bonds. The minimum Gasteiger partial charge on any atom is -0.497 e. The van der Waals surface area contributed by atoms with Crippen molar-refractivity contribution in [3.05, 3.63) is 77.2 Å². The van der Waals surface area contributed by atoms with Gasteiger partial charge >= 0.3 is 0 Å². The summed E-state index contributed by atoms with van der Waals surface area (Å²) >= 11 is 0. The smallest absolute Gasteiger partial charge is 0.243 e. The Balaban J connectivity index is 1.55. The van der Waals surface area contributed by atoms with E-state index in [9.17, 15) is 8.42 Å². The molecule has 0 radical (unpaired) electrons. The molecule has 2 aromatic carbocycles. The molecular weight excluding hydrogens is 424 g/mol. The highest BCUT2D eigenvalue weighted by atomic mass is 32.2. The van der Waals surface area contributed by atoms with Crippen molar-refractivity contribution in [2.24, 2.45) is 0 Å². The highest BCUT2D eigenvalue weighted by Crippen LogP contribution is 2.27. The van der Waals surface area contributed by atoms with Gasteiger partial charge in [0.1, 0.15) is 17.4 Å². The number of sulfonamides is 1. The van der Waals surface area contributed by atoms with Gasteiger partial charge in [0.05, 0.1) is 12.0 Å². The summed E-state index contributed by atoms with van der Waals surface area (Å²) < 4.78 is 32.8. The highest BCUT2D eigenvalue weighted by molar-refractivity contribution is 7.89. The normalized spacial score (nSPS) is 15.0. The van der Waals surface area contributed by atoms with E-state index in [1.54, 1.807) is 35.7 Å². The molecule has 0 spiro atoms. The van der Waals surface area contributed by atoms with Crippen molar-refractivity contribution in [3.63, 3.8) is 0 Å². The first-order valence-corrected chi connectivity index (χ1v) is 12.1. The zero-order chi connectivity index (χ0) is 22.7. The second-order valence-corrected chi connectivity index (χ2v) is 9.83. The Kier molecular flexibility index (Phi) is 6.43. The third-order valence-corrected chi connectivity index (χ3v) is 7.68. The lowest BCUT2D eigenvalue weighted by molar-refractivity contribution is 0.383. The van der Waals surface area contributed by atoms with Crippen LogP contribution in [0, 0.1) is 13.8 Å². The lowest BCUT2D eigenvalue weighted by Gasteiger charge is -2.35. The quantitative estimate of drug-likeness (QED) is 0.572. The summed E-state index contributed by atoms with van der Waals surface area (Å²) in [5.41, 5.74) is 3.16. The highest BCUT2D eigenvalue weighted by Gasteiger charge is 2.30. The Morgan fingerprint density at radius 2 is 1.56 bits per heavy atom. The monoisotopic (exact) mass is 452 g/mol. The summed E-state index contributed by atoms with van der Waals surface area (Å²) in [6.07, 6.45) is 0.702. The maximum atomic E-state index is 13.0. The molecule has 1 aliphatic heterocycles. The molecule has 1 aromatic heterocycles. The van der Waals surface area contributed by atoms with Gasteiger partial charge in [0.25, 0.3) is 0 Å². The summed E-state index contributed by atoms with van der Waals surface area (Å²) in [6.45, 7) is 5.90. The van der Waals surface area contributed by atoms with Gasteiger partial charge in [0.15, 0.2) is 0 Å². The van der Waals surface area contributed by atoms with Crippen LogP contribution in [0.5, 0.6) is 5.75 Å². The molecule has 1 saturated heterocycles. The van der Waals surface area contributed by atoms with Gasteiger partial charge in [-0.15, -0.1) is 0 Å². The van der Waals surface area contributed by atoms with Crippen molar-refractivity contribution in [2.75, 3.05) is 38.2 Å². The molecule has 0 unspecified atom stereocenters. The molecule has 2 heterocycles. The Bertz CT molecular complexity index is 1170. The van der Waals surface area contributed by atoms with E-state index >= 15 is 0 Å². The van der Waals surface area contributed by atoms with Crippen molar-refractivity contribution in [1.29, 1.82) is 0 Å². The van der Waals surface area contributed by atoms with E-state index in [4.69, 9.17) is 9.72 Å². The maximum absolute atomic E-state index is 13.0. The summed E-state index contributed by atoms with van der Waals surface area (Å²) in [4.78, 5) is 11.9. The van der Waals surface area contributed by atoms with Crippen LogP contribution in [0.25, 0.3) is 0 Å². The van der Waals surface area contributed by atoms with Gasteiger partial charge < -0.3 is 9.64 Å². The first-order valence-electron chi connectivity index (χ1n) is 10.7. The van der Waals surface area contributed by atoms with Crippen LogP contribution in [0.4, 0.5) is 5.82 Å². The lowest BCUT2D eigenvalue weighted by Crippen LogP contribution is -2.49. The molecule has 168 valence electrons.